The summed E-state index contributed by atoms with van der Waals surface area (Å²) >= 11 is 0. The van der Waals surface area contributed by atoms with Crippen molar-refractivity contribution in [3.8, 4) is 0 Å². The number of hydrogen-bond acceptors (Lipinski definition) is 5. The van der Waals surface area contributed by atoms with Crippen molar-refractivity contribution >= 4 is 17.5 Å². The molecule has 0 spiro atoms. The molecule has 0 saturated carbocycles. The lowest BCUT2D eigenvalue weighted by molar-refractivity contribution is -0.131. The monoisotopic (exact) mass is 325 g/mol. The normalized spacial score (nSPS) is 14.9. The minimum Gasteiger partial charge on any atom is -0.363 e. The number of piperazine rings is 1. The van der Waals surface area contributed by atoms with Gasteiger partial charge in [-0.1, -0.05) is 29.8 Å². The summed E-state index contributed by atoms with van der Waals surface area (Å²) in [6, 6.07) is 10.2. The van der Waals surface area contributed by atoms with Gasteiger partial charge >= 0.3 is 0 Å². The highest BCUT2D eigenvalue weighted by molar-refractivity contribution is 5.82. The molecule has 126 valence electrons. The van der Waals surface area contributed by atoms with E-state index in [1.807, 2.05) is 40.9 Å². The van der Waals surface area contributed by atoms with Crippen molar-refractivity contribution in [2.75, 3.05) is 43.5 Å². The van der Waals surface area contributed by atoms with E-state index in [0.29, 0.717) is 19.6 Å². The van der Waals surface area contributed by atoms with E-state index in [4.69, 9.17) is 0 Å². The molecule has 0 radical (unpaired) electrons. The molecule has 1 fully saturated rings. The van der Waals surface area contributed by atoms with E-state index in [1.165, 1.54) is 11.1 Å². The Morgan fingerprint density at radius 1 is 1.17 bits per heavy atom. The van der Waals surface area contributed by atoms with E-state index in [-0.39, 0.29) is 5.91 Å². The fourth-order valence-corrected chi connectivity index (χ4v) is 2.86. The van der Waals surface area contributed by atoms with Crippen LogP contribution in [0.1, 0.15) is 11.1 Å². The van der Waals surface area contributed by atoms with Gasteiger partial charge in [-0.2, -0.15) is 0 Å². The average Bonchev–Trinajstić information content (AvgIpc) is 2.57. The van der Waals surface area contributed by atoms with E-state index in [0.717, 1.165) is 18.2 Å². The van der Waals surface area contributed by atoms with Crippen LogP contribution in [0.4, 0.5) is 11.6 Å². The molecule has 0 atom stereocenters. The van der Waals surface area contributed by atoms with Crippen molar-refractivity contribution in [3.05, 3.63) is 47.8 Å². The highest BCUT2D eigenvalue weighted by atomic mass is 16.2. The number of hydrogen-bond donors (Lipinski definition) is 0. The summed E-state index contributed by atoms with van der Waals surface area (Å²) in [4.78, 5) is 26.9. The fourth-order valence-electron chi connectivity index (χ4n) is 2.86. The largest absolute Gasteiger partial charge is 0.363 e. The summed E-state index contributed by atoms with van der Waals surface area (Å²) in [5, 5.41) is 0. The molecular weight excluding hydrogens is 302 g/mol. The third-order valence-corrected chi connectivity index (χ3v) is 4.19. The molecule has 6 nitrogen and oxygen atoms in total. The van der Waals surface area contributed by atoms with Crippen LogP contribution in [0, 0.1) is 6.92 Å². The zero-order valence-corrected chi connectivity index (χ0v) is 14.4. The SMILES string of the molecule is Cc1cccc(CN2CCN(c3cc(N(C)C)ncn3)CC2=O)c1. The maximum atomic E-state index is 12.5. The minimum absolute atomic E-state index is 0.132. The van der Waals surface area contributed by atoms with Crippen LogP contribution in [-0.4, -0.2) is 54.5 Å². The molecule has 0 aliphatic carbocycles. The number of anilines is 2. The molecule has 1 aromatic heterocycles. The smallest absolute Gasteiger partial charge is 0.242 e. The molecule has 1 amide bonds. The predicted octanol–water partition coefficient (Wildman–Crippen LogP) is 1.70. The van der Waals surface area contributed by atoms with Gasteiger partial charge in [-0.05, 0) is 12.5 Å². The first-order chi connectivity index (χ1) is 11.5. The second-order valence-corrected chi connectivity index (χ2v) is 6.35. The van der Waals surface area contributed by atoms with Gasteiger partial charge in [0, 0.05) is 39.8 Å². The highest BCUT2D eigenvalue weighted by Gasteiger charge is 2.25. The van der Waals surface area contributed by atoms with Crippen molar-refractivity contribution in [2.24, 2.45) is 0 Å². The summed E-state index contributed by atoms with van der Waals surface area (Å²) in [5.41, 5.74) is 2.39. The molecule has 1 saturated heterocycles. The van der Waals surface area contributed by atoms with Crippen molar-refractivity contribution in [1.82, 2.24) is 14.9 Å². The van der Waals surface area contributed by atoms with Crippen LogP contribution in [0.3, 0.4) is 0 Å². The first kappa shape index (κ1) is 16.2. The second kappa shape index (κ2) is 6.86. The topological polar surface area (TPSA) is 52.6 Å². The van der Waals surface area contributed by atoms with Crippen LogP contribution < -0.4 is 9.80 Å². The van der Waals surface area contributed by atoms with Crippen LogP contribution in [0.15, 0.2) is 36.7 Å². The first-order valence-corrected chi connectivity index (χ1v) is 8.10. The van der Waals surface area contributed by atoms with Gasteiger partial charge in [-0.15, -0.1) is 0 Å². The number of carbonyl (C=O) groups excluding carboxylic acids is 1. The standard InChI is InChI=1S/C18H23N5O/c1-14-5-4-6-15(9-14)11-23-8-7-22(12-18(23)24)17-10-16(21(2)3)19-13-20-17/h4-6,9-10,13H,7-8,11-12H2,1-3H3. The van der Waals surface area contributed by atoms with Crippen molar-refractivity contribution in [2.45, 2.75) is 13.5 Å². The molecule has 1 aromatic carbocycles. The number of aromatic nitrogens is 2. The number of rotatable bonds is 4. The van der Waals surface area contributed by atoms with Crippen LogP contribution in [0.5, 0.6) is 0 Å². The number of amides is 1. The van der Waals surface area contributed by atoms with Crippen LogP contribution in [0.25, 0.3) is 0 Å². The van der Waals surface area contributed by atoms with Gasteiger partial charge in [0.15, 0.2) is 0 Å². The van der Waals surface area contributed by atoms with Gasteiger partial charge in [-0.3, -0.25) is 4.79 Å². The van der Waals surface area contributed by atoms with Gasteiger partial charge in [-0.25, -0.2) is 9.97 Å². The van der Waals surface area contributed by atoms with Crippen molar-refractivity contribution in [1.29, 1.82) is 0 Å². The number of nitrogens with zero attached hydrogens (tertiary/aromatic N) is 5. The predicted molar refractivity (Wildman–Crippen MR) is 95.2 cm³/mol. The minimum atomic E-state index is 0.132. The molecule has 6 heteroatoms. The molecule has 2 heterocycles. The summed E-state index contributed by atoms with van der Waals surface area (Å²) in [6.45, 7) is 4.58. The Bertz CT molecular complexity index is 731. The van der Waals surface area contributed by atoms with E-state index in [9.17, 15) is 4.79 Å². The summed E-state index contributed by atoms with van der Waals surface area (Å²) in [5.74, 6) is 1.78. The molecule has 0 unspecified atom stereocenters. The number of benzene rings is 1. The summed E-state index contributed by atoms with van der Waals surface area (Å²) in [7, 11) is 3.88. The van der Waals surface area contributed by atoms with E-state index < -0.39 is 0 Å². The molecule has 0 bridgehead atoms. The Balaban J connectivity index is 1.67. The Morgan fingerprint density at radius 2 is 2.00 bits per heavy atom. The lowest BCUT2D eigenvalue weighted by Gasteiger charge is -2.35. The lowest BCUT2D eigenvalue weighted by Crippen LogP contribution is -2.50. The molecule has 1 aliphatic heterocycles. The Kier molecular flexibility index (Phi) is 4.64. The Labute approximate surface area is 142 Å². The molecule has 24 heavy (non-hydrogen) atoms. The van der Waals surface area contributed by atoms with Gasteiger partial charge in [0.05, 0.1) is 6.54 Å². The average molecular weight is 325 g/mol. The molecule has 3 rings (SSSR count). The maximum absolute atomic E-state index is 12.5. The van der Waals surface area contributed by atoms with Crippen LogP contribution >= 0.6 is 0 Å². The molecule has 1 aliphatic rings. The second-order valence-electron chi connectivity index (χ2n) is 6.35. The quantitative estimate of drug-likeness (QED) is 0.856. The van der Waals surface area contributed by atoms with E-state index >= 15 is 0 Å². The van der Waals surface area contributed by atoms with Crippen molar-refractivity contribution < 1.29 is 4.79 Å². The lowest BCUT2D eigenvalue weighted by atomic mass is 10.1. The number of aryl methyl sites for hydroxylation is 1. The summed E-state index contributed by atoms with van der Waals surface area (Å²) < 4.78 is 0. The first-order valence-electron chi connectivity index (χ1n) is 8.10. The molecule has 2 aromatic rings. The Hall–Kier alpha value is -2.63. The van der Waals surface area contributed by atoms with E-state index in [2.05, 4.69) is 35.1 Å². The highest BCUT2D eigenvalue weighted by Crippen LogP contribution is 2.19. The number of carbonyl (C=O) groups is 1. The zero-order valence-electron chi connectivity index (χ0n) is 14.4. The van der Waals surface area contributed by atoms with Gasteiger partial charge < -0.3 is 14.7 Å². The zero-order chi connectivity index (χ0) is 17.1. The fraction of sp³-hybridized carbons (Fsp3) is 0.389. The van der Waals surface area contributed by atoms with Gasteiger partial charge in [0.25, 0.3) is 0 Å². The third-order valence-electron chi connectivity index (χ3n) is 4.19. The summed E-state index contributed by atoms with van der Waals surface area (Å²) in [6.07, 6.45) is 1.55. The third kappa shape index (κ3) is 3.64. The van der Waals surface area contributed by atoms with Crippen LogP contribution in [-0.2, 0) is 11.3 Å². The Morgan fingerprint density at radius 3 is 2.71 bits per heavy atom. The molecular formula is C18H23N5O. The van der Waals surface area contributed by atoms with Crippen molar-refractivity contribution in [3.63, 3.8) is 0 Å². The van der Waals surface area contributed by atoms with Crippen LogP contribution in [0.2, 0.25) is 0 Å². The van der Waals surface area contributed by atoms with E-state index in [1.54, 1.807) is 6.33 Å². The van der Waals surface area contributed by atoms with Gasteiger partial charge in [0.2, 0.25) is 5.91 Å². The van der Waals surface area contributed by atoms with Gasteiger partial charge in [0.1, 0.15) is 18.0 Å². The molecule has 0 N–H and O–H groups in total. The maximum Gasteiger partial charge on any atom is 0.242 e.